The molecule has 0 spiro atoms. The lowest BCUT2D eigenvalue weighted by atomic mass is 10.1. The molecule has 0 unspecified atom stereocenters. The van der Waals surface area contributed by atoms with E-state index in [9.17, 15) is 9.59 Å². The first-order valence-electron chi connectivity index (χ1n) is 9.81. The molecule has 0 bridgehead atoms. The smallest absolute Gasteiger partial charge is 0.267 e. The van der Waals surface area contributed by atoms with Gasteiger partial charge in [-0.1, -0.05) is 42.5 Å². The molecule has 0 saturated carbocycles. The summed E-state index contributed by atoms with van der Waals surface area (Å²) in [6, 6.07) is 20.3. The van der Waals surface area contributed by atoms with Gasteiger partial charge in [0.1, 0.15) is 18.4 Å². The van der Waals surface area contributed by atoms with Crippen LogP contribution in [0.4, 0.5) is 0 Å². The second kappa shape index (κ2) is 8.92. The highest BCUT2D eigenvalue weighted by atomic mass is 16.5. The largest absolute Gasteiger partial charge is 0.497 e. The van der Waals surface area contributed by atoms with Gasteiger partial charge in [0.25, 0.3) is 5.56 Å². The number of carbonyl (C=O) groups is 1. The van der Waals surface area contributed by atoms with Crippen molar-refractivity contribution >= 4 is 5.91 Å². The van der Waals surface area contributed by atoms with Gasteiger partial charge in [-0.25, -0.2) is 4.68 Å². The Morgan fingerprint density at radius 1 is 1.13 bits per heavy atom. The summed E-state index contributed by atoms with van der Waals surface area (Å²) in [6.45, 7) is 1.29. The van der Waals surface area contributed by atoms with E-state index in [-0.39, 0.29) is 24.1 Å². The molecule has 2 heterocycles. The lowest BCUT2D eigenvalue weighted by Gasteiger charge is -2.33. The lowest BCUT2D eigenvalue weighted by molar-refractivity contribution is -0.139. The Hall–Kier alpha value is -3.45. The van der Waals surface area contributed by atoms with Crippen LogP contribution in [0.2, 0.25) is 0 Å². The molecule has 1 saturated heterocycles. The van der Waals surface area contributed by atoms with Gasteiger partial charge in [0, 0.05) is 18.2 Å². The minimum Gasteiger partial charge on any atom is -0.497 e. The van der Waals surface area contributed by atoms with Crippen molar-refractivity contribution in [3.8, 4) is 17.0 Å². The quantitative estimate of drug-likeness (QED) is 0.652. The van der Waals surface area contributed by atoms with Crippen LogP contribution >= 0.6 is 0 Å². The molecule has 1 amide bonds. The third kappa shape index (κ3) is 4.41. The zero-order valence-electron chi connectivity index (χ0n) is 16.7. The van der Waals surface area contributed by atoms with Crippen LogP contribution < -0.4 is 10.3 Å². The summed E-state index contributed by atoms with van der Waals surface area (Å²) in [4.78, 5) is 26.9. The normalized spacial score (nSPS) is 16.3. The fraction of sp³-hybridized carbons (Fsp3) is 0.261. The SMILES string of the molecule is COc1cccc(-c2ccc(=O)n(CC(=O)N3CCO[C@@H](c4ccccc4)C3)n2)c1. The van der Waals surface area contributed by atoms with Gasteiger partial charge in [-0.3, -0.25) is 9.59 Å². The van der Waals surface area contributed by atoms with E-state index >= 15 is 0 Å². The molecule has 0 N–H and O–H groups in total. The summed E-state index contributed by atoms with van der Waals surface area (Å²) < 4.78 is 12.3. The van der Waals surface area contributed by atoms with Crippen molar-refractivity contribution in [2.75, 3.05) is 26.8 Å². The van der Waals surface area contributed by atoms with Crippen molar-refractivity contribution in [3.63, 3.8) is 0 Å². The first-order chi connectivity index (χ1) is 14.6. The Labute approximate surface area is 174 Å². The molecule has 1 fully saturated rings. The maximum Gasteiger partial charge on any atom is 0.267 e. The average molecular weight is 405 g/mol. The van der Waals surface area contributed by atoms with Crippen LogP contribution in [-0.2, 0) is 16.1 Å². The second-order valence-corrected chi connectivity index (χ2v) is 7.06. The molecule has 4 rings (SSSR count). The van der Waals surface area contributed by atoms with Gasteiger partial charge in [-0.05, 0) is 23.8 Å². The molecule has 1 aliphatic rings. The van der Waals surface area contributed by atoms with Crippen molar-refractivity contribution < 1.29 is 14.3 Å². The highest BCUT2D eigenvalue weighted by Crippen LogP contribution is 2.23. The lowest BCUT2D eigenvalue weighted by Crippen LogP contribution is -2.44. The Kier molecular flexibility index (Phi) is 5.90. The Morgan fingerprint density at radius 3 is 2.77 bits per heavy atom. The first kappa shape index (κ1) is 19.8. The van der Waals surface area contributed by atoms with Crippen LogP contribution in [0.1, 0.15) is 11.7 Å². The molecule has 2 aromatic carbocycles. The van der Waals surface area contributed by atoms with Crippen molar-refractivity contribution in [3.05, 3.63) is 82.6 Å². The summed E-state index contributed by atoms with van der Waals surface area (Å²) in [6.07, 6.45) is -0.170. The van der Waals surface area contributed by atoms with Crippen LogP contribution in [0, 0.1) is 0 Å². The molecular weight excluding hydrogens is 382 g/mol. The number of methoxy groups -OCH3 is 1. The second-order valence-electron chi connectivity index (χ2n) is 7.06. The summed E-state index contributed by atoms with van der Waals surface area (Å²) >= 11 is 0. The van der Waals surface area contributed by atoms with Gasteiger partial charge in [0.15, 0.2) is 0 Å². The van der Waals surface area contributed by atoms with E-state index in [4.69, 9.17) is 9.47 Å². The van der Waals surface area contributed by atoms with Gasteiger partial charge >= 0.3 is 0 Å². The van der Waals surface area contributed by atoms with Crippen LogP contribution in [0.25, 0.3) is 11.3 Å². The maximum atomic E-state index is 12.9. The van der Waals surface area contributed by atoms with Crippen LogP contribution in [0.3, 0.4) is 0 Å². The molecule has 1 aliphatic heterocycles. The van der Waals surface area contributed by atoms with Gasteiger partial charge in [0.2, 0.25) is 5.91 Å². The molecular formula is C23H23N3O4. The predicted octanol–water partition coefficient (Wildman–Crippen LogP) is 2.52. The Morgan fingerprint density at radius 2 is 1.97 bits per heavy atom. The molecule has 154 valence electrons. The molecule has 7 heteroatoms. The third-order valence-electron chi connectivity index (χ3n) is 5.11. The van der Waals surface area contributed by atoms with E-state index in [1.54, 1.807) is 18.1 Å². The highest BCUT2D eigenvalue weighted by molar-refractivity contribution is 5.76. The van der Waals surface area contributed by atoms with Crippen molar-refractivity contribution in [1.82, 2.24) is 14.7 Å². The molecule has 0 radical (unpaired) electrons. The molecule has 1 aromatic heterocycles. The van der Waals surface area contributed by atoms with Crippen molar-refractivity contribution in [2.45, 2.75) is 12.6 Å². The molecule has 0 aliphatic carbocycles. The van der Waals surface area contributed by atoms with Crippen LogP contribution in [-0.4, -0.2) is 47.4 Å². The molecule has 30 heavy (non-hydrogen) atoms. The molecule has 1 atom stereocenters. The number of hydrogen-bond donors (Lipinski definition) is 0. The number of carbonyl (C=O) groups excluding carboxylic acids is 1. The van der Waals surface area contributed by atoms with E-state index in [0.29, 0.717) is 31.1 Å². The van der Waals surface area contributed by atoms with E-state index in [1.165, 1.54) is 10.7 Å². The zero-order valence-corrected chi connectivity index (χ0v) is 16.7. The summed E-state index contributed by atoms with van der Waals surface area (Å²) in [7, 11) is 1.59. The highest BCUT2D eigenvalue weighted by Gasteiger charge is 2.25. The monoisotopic (exact) mass is 405 g/mol. The van der Waals surface area contributed by atoms with E-state index in [1.807, 2.05) is 54.6 Å². The third-order valence-corrected chi connectivity index (χ3v) is 5.11. The summed E-state index contributed by atoms with van der Waals surface area (Å²) in [5.41, 5.74) is 2.13. The number of hydrogen-bond acceptors (Lipinski definition) is 5. The minimum absolute atomic E-state index is 0.113. The number of nitrogens with zero attached hydrogens (tertiary/aromatic N) is 3. The van der Waals surface area contributed by atoms with Gasteiger partial charge in [-0.15, -0.1) is 0 Å². The minimum atomic E-state index is -0.317. The number of benzene rings is 2. The van der Waals surface area contributed by atoms with E-state index in [2.05, 4.69) is 5.10 Å². The number of rotatable bonds is 5. The number of morpholine rings is 1. The summed E-state index contributed by atoms with van der Waals surface area (Å²) in [5, 5.41) is 4.40. The molecule has 3 aromatic rings. The first-order valence-corrected chi connectivity index (χ1v) is 9.81. The fourth-order valence-electron chi connectivity index (χ4n) is 3.47. The Bertz CT molecular complexity index is 1080. The van der Waals surface area contributed by atoms with Gasteiger partial charge in [-0.2, -0.15) is 5.10 Å². The van der Waals surface area contributed by atoms with Crippen molar-refractivity contribution in [1.29, 1.82) is 0 Å². The summed E-state index contributed by atoms with van der Waals surface area (Å²) in [5.74, 6) is 0.542. The van der Waals surface area contributed by atoms with E-state index < -0.39 is 0 Å². The zero-order chi connectivity index (χ0) is 20.9. The average Bonchev–Trinajstić information content (AvgIpc) is 2.81. The fourth-order valence-corrected chi connectivity index (χ4v) is 3.47. The Balaban J connectivity index is 1.51. The topological polar surface area (TPSA) is 73.7 Å². The number of amides is 1. The van der Waals surface area contributed by atoms with E-state index in [0.717, 1.165) is 11.1 Å². The van der Waals surface area contributed by atoms with Crippen LogP contribution in [0.15, 0.2) is 71.5 Å². The number of aromatic nitrogens is 2. The molecule has 7 nitrogen and oxygen atoms in total. The van der Waals surface area contributed by atoms with Crippen molar-refractivity contribution in [2.24, 2.45) is 0 Å². The maximum absolute atomic E-state index is 12.9. The standard InChI is InChI=1S/C23H23N3O4/c1-29-19-9-5-8-18(14-19)20-10-11-22(27)26(24-20)16-23(28)25-12-13-30-21(15-25)17-6-3-2-4-7-17/h2-11,14,21H,12-13,15-16H2,1H3/t21-/m1/s1. The van der Waals surface area contributed by atoms with Gasteiger partial charge in [0.05, 0.1) is 26.0 Å². The number of ether oxygens (including phenoxy) is 2. The van der Waals surface area contributed by atoms with Gasteiger partial charge < -0.3 is 14.4 Å². The predicted molar refractivity (Wildman–Crippen MR) is 112 cm³/mol. The van der Waals surface area contributed by atoms with Crippen LogP contribution in [0.5, 0.6) is 5.75 Å².